The third kappa shape index (κ3) is 4.94. The molecule has 1 N–H and O–H groups in total. The van der Waals surface area contributed by atoms with Crippen LogP contribution < -0.4 is 4.90 Å². The van der Waals surface area contributed by atoms with Crippen molar-refractivity contribution >= 4 is 44.3 Å². The molecule has 2 aliphatic rings. The molecule has 0 aromatic heterocycles. The molecule has 2 fully saturated rings. The molecule has 2 saturated heterocycles. The summed E-state index contributed by atoms with van der Waals surface area (Å²) >= 11 is 1.30. The molecule has 1 aromatic carbocycles. The number of unbranched alkanes of at least 4 members (excludes halogenated alkanes) is 1. The molecular weight excluding hydrogens is 400 g/mol. The van der Waals surface area contributed by atoms with Crippen LogP contribution >= 0.6 is 11.8 Å². The van der Waals surface area contributed by atoms with Gasteiger partial charge in [0.1, 0.15) is 0 Å². The third-order valence-corrected chi connectivity index (χ3v) is 8.08. The van der Waals surface area contributed by atoms with Gasteiger partial charge in [-0.05, 0) is 30.5 Å². The van der Waals surface area contributed by atoms with Gasteiger partial charge >= 0.3 is 5.97 Å². The minimum absolute atomic E-state index is 0.0323. The van der Waals surface area contributed by atoms with E-state index in [2.05, 4.69) is 11.9 Å². The summed E-state index contributed by atoms with van der Waals surface area (Å²) in [6.07, 6.45) is 2.76. The first kappa shape index (κ1) is 20.9. The molecular formula is C19H24N2O5S2. The van der Waals surface area contributed by atoms with E-state index in [0.717, 1.165) is 24.9 Å². The summed E-state index contributed by atoms with van der Waals surface area (Å²) in [5.41, 5.74) is 2.02. The molecule has 0 bridgehead atoms. The number of hydrogen-bond acceptors (Lipinski definition) is 5. The van der Waals surface area contributed by atoms with Gasteiger partial charge in [-0.25, -0.2) is 8.42 Å². The van der Waals surface area contributed by atoms with Gasteiger partial charge < -0.3 is 10.0 Å². The number of amidine groups is 1. The first-order valence-electron chi connectivity index (χ1n) is 9.37. The third-order valence-electron chi connectivity index (χ3n) is 4.87. The minimum atomic E-state index is -3.12. The van der Waals surface area contributed by atoms with Crippen molar-refractivity contribution in [2.75, 3.05) is 16.4 Å². The lowest BCUT2D eigenvalue weighted by molar-refractivity contribution is -0.138. The lowest BCUT2D eigenvalue weighted by Gasteiger charge is -2.24. The number of nitrogens with zero attached hydrogens (tertiary/aromatic N) is 2. The second kappa shape index (κ2) is 8.65. The van der Waals surface area contributed by atoms with Gasteiger partial charge in [0.05, 0.1) is 24.0 Å². The molecule has 3 rings (SSSR count). The van der Waals surface area contributed by atoms with Crippen LogP contribution in [0, 0.1) is 0 Å². The van der Waals surface area contributed by atoms with Gasteiger partial charge in [-0.3, -0.25) is 9.59 Å². The molecule has 2 aliphatic heterocycles. The van der Waals surface area contributed by atoms with E-state index < -0.39 is 21.7 Å². The van der Waals surface area contributed by atoms with Crippen LogP contribution in [0.3, 0.4) is 0 Å². The van der Waals surface area contributed by atoms with Crippen molar-refractivity contribution in [3.05, 3.63) is 29.8 Å². The number of hydrogen-bond donors (Lipinski definition) is 1. The van der Waals surface area contributed by atoms with E-state index in [9.17, 15) is 18.0 Å². The van der Waals surface area contributed by atoms with E-state index in [1.54, 1.807) is 0 Å². The van der Waals surface area contributed by atoms with Crippen LogP contribution in [0.15, 0.2) is 29.3 Å². The highest BCUT2D eigenvalue weighted by atomic mass is 32.2. The van der Waals surface area contributed by atoms with Crippen molar-refractivity contribution in [2.45, 2.75) is 50.3 Å². The normalized spacial score (nSPS) is 24.5. The number of thioether (sulfide) groups is 1. The summed E-state index contributed by atoms with van der Waals surface area (Å²) in [7, 11) is -3.12. The second-order valence-corrected chi connectivity index (χ2v) is 10.5. The molecule has 0 aliphatic carbocycles. The van der Waals surface area contributed by atoms with E-state index >= 15 is 0 Å². The average molecular weight is 425 g/mol. The minimum Gasteiger partial charge on any atom is -0.481 e. The fraction of sp³-hybridized carbons (Fsp3) is 0.526. The van der Waals surface area contributed by atoms with Gasteiger partial charge in [-0.1, -0.05) is 37.2 Å². The van der Waals surface area contributed by atoms with E-state index in [0.29, 0.717) is 5.17 Å². The van der Waals surface area contributed by atoms with Crippen LogP contribution in [-0.2, 0) is 25.8 Å². The number of sulfone groups is 1. The number of amides is 1. The summed E-state index contributed by atoms with van der Waals surface area (Å²) in [4.78, 5) is 28.7. The maximum absolute atomic E-state index is 12.1. The van der Waals surface area contributed by atoms with Crippen LogP contribution in [0.25, 0.3) is 0 Å². The summed E-state index contributed by atoms with van der Waals surface area (Å²) in [6.45, 7) is 2.14. The molecule has 2 heterocycles. The Bertz CT molecular complexity index is 880. The van der Waals surface area contributed by atoms with Gasteiger partial charge in [0.2, 0.25) is 5.91 Å². The van der Waals surface area contributed by atoms with Crippen LogP contribution in [0.4, 0.5) is 5.69 Å². The van der Waals surface area contributed by atoms with Crippen LogP contribution in [0.1, 0.15) is 38.2 Å². The molecule has 1 aromatic rings. The topological polar surface area (TPSA) is 104 Å². The Labute approximate surface area is 169 Å². The van der Waals surface area contributed by atoms with Crippen molar-refractivity contribution in [3.63, 3.8) is 0 Å². The van der Waals surface area contributed by atoms with Crippen molar-refractivity contribution in [3.8, 4) is 0 Å². The molecule has 28 heavy (non-hydrogen) atoms. The van der Waals surface area contributed by atoms with Crippen molar-refractivity contribution < 1.29 is 23.1 Å². The lowest BCUT2D eigenvalue weighted by Crippen LogP contribution is -2.37. The second-order valence-electron chi connectivity index (χ2n) is 7.12. The number of fused-ring (bicyclic) bond motifs is 1. The fourth-order valence-electron chi connectivity index (χ4n) is 3.45. The van der Waals surface area contributed by atoms with E-state index in [-0.39, 0.29) is 35.6 Å². The Balaban J connectivity index is 1.85. The van der Waals surface area contributed by atoms with Crippen LogP contribution in [-0.4, -0.2) is 53.4 Å². The van der Waals surface area contributed by atoms with Crippen molar-refractivity contribution in [1.82, 2.24) is 0 Å². The van der Waals surface area contributed by atoms with Crippen molar-refractivity contribution in [1.29, 1.82) is 0 Å². The largest absolute Gasteiger partial charge is 0.481 e. The Kier molecular flexibility index (Phi) is 6.44. The Morgan fingerprint density at radius 3 is 2.57 bits per heavy atom. The zero-order valence-corrected chi connectivity index (χ0v) is 17.3. The van der Waals surface area contributed by atoms with Gasteiger partial charge in [-0.15, -0.1) is 0 Å². The summed E-state index contributed by atoms with van der Waals surface area (Å²) in [5, 5.41) is 9.04. The van der Waals surface area contributed by atoms with E-state index in [1.807, 2.05) is 29.2 Å². The quantitative estimate of drug-likeness (QED) is 0.717. The maximum Gasteiger partial charge on any atom is 0.303 e. The van der Waals surface area contributed by atoms with Crippen molar-refractivity contribution in [2.24, 2.45) is 4.99 Å². The highest BCUT2D eigenvalue weighted by Crippen LogP contribution is 2.41. The number of aryl methyl sites for hydroxylation is 1. The number of aliphatic carboxylic acids is 1. The Hall–Kier alpha value is -1.87. The molecule has 0 spiro atoms. The highest BCUT2D eigenvalue weighted by Gasteiger charge is 2.49. The lowest BCUT2D eigenvalue weighted by atomic mass is 10.1. The number of benzene rings is 1. The fourth-order valence-corrected chi connectivity index (χ4v) is 7.38. The molecule has 1 amide bonds. The van der Waals surface area contributed by atoms with Crippen LogP contribution in [0.2, 0.25) is 0 Å². The number of carboxylic acids is 1. The monoisotopic (exact) mass is 424 g/mol. The molecule has 2 atom stereocenters. The zero-order chi connectivity index (χ0) is 20.3. The Morgan fingerprint density at radius 1 is 1.21 bits per heavy atom. The number of rotatable bonds is 7. The van der Waals surface area contributed by atoms with Gasteiger partial charge in [0.15, 0.2) is 15.0 Å². The predicted octanol–water partition coefficient (Wildman–Crippen LogP) is 2.50. The zero-order valence-electron chi connectivity index (χ0n) is 15.7. The molecule has 0 unspecified atom stereocenters. The Morgan fingerprint density at radius 2 is 1.93 bits per heavy atom. The number of carbonyl (C=O) groups excluding carboxylic acids is 1. The van der Waals surface area contributed by atoms with E-state index in [1.165, 1.54) is 17.3 Å². The number of carboxylic acid groups (broad SMARTS) is 1. The van der Waals surface area contributed by atoms with E-state index in [4.69, 9.17) is 5.11 Å². The summed E-state index contributed by atoms with van der Waals surface area (Å²) < 4.78 is 24.2. The molecule has 0 radical (unpaired) electrons. The summed E-state index contributed by atoms with van der Waals surface area (Å²) in [5.74, 6) is -1.45. The number of aliphatic imine (C=N–C) groups is 1. The smallest absolute Gasteiger partial charge is 0.303 e. The number of anilines is 1. The SMILES string of the molecule is CCCCc1ccc(N2C(=NC(=O)CCC(=O)O)S[C@@H]3CS(=O)(=O)C[C@@H]32)cc1. The molecule has 0 saturated carbocycles. The van der Waals surface area contributed by atoms with Gasteiger partial charge in [-0.2, -0.15) is 4.99 Å². The summed E-state index contributed by atoms with van der Waals surface area (Å²) in [6, 6.07) is 7.67. The highest BCUT2D eigenvalue weighted by molar-refractivity contribution is 8.16. The molecule has 152 valence electrons. The van der Waals surface area contributed by atoms with Crippen LogP contribution in [0.5, 0.6) is 0 Å². The molecule has 7 nitrogen and oxygen atoms in total. The standard InChI is InChI=1S/C19H24N2O5S2/c1-2-3-4-13-5-7-14(8-6-13)21-15-11-28(25,26)12-16(15)27-19(21)20-17(22)9-10-18(23)24/h5-8,15-16H,2-4,9-12H2,1H3,(H,23,24)/t15-,16+/m0/s1. The van der Waals surface area contributed by atoms with Gasteiger partial charge in [0, 0.05) is 17.4 Å². The van der Waals surface area contributed by atoms with Gasteiger partial charge in [0.25, 0.3) is 0 Å². The first-order valence-corrected chi connectivity index (χ1v) is 12.1. The first-order chi connectivity index (χ1) is 13.3. The average Bonchev–Trinajstić information content (AvgIpc) is 3.09. The maximum atomic E-state index is 12.1. The number of carbonyl (C=O) groups is 2. The molecule has 9 heteroatoms. The predicted molar refractivity (Wildman–Crippen MR) is 111 cm³/mol.